The molecule has 15 heavy (non-hydrogen) atoms. The maximum Gasteiger partial charge on any atom is 0.264 e. The summed E-state index contributed by atoms with van der Waals surface area (Å²) in [6.45, 7) is 0. The Morgan fingerprint density at radius 2 is 2.07 bits per heavy atom. The standard InChI is InChI=1S/C9H9N5O/c15-7-4-3-6(11-12-7)9-10-8(13-14-9)5-1-2-5/h3-5H,1-2H2,(H,12,15)(H,10,13,14). The van der Waals surface area contributed by atoms with Crippen LogP contribution in [0.2, 0.25) is 0 Å². The summed E-state index contributed by atoms with van der Waals surface area (Å²) in [5.41, 5.74) is 0.356. The van der Waals surface area contributed by atoms with Gasteiger partial charge in [-0.05, 0) is 18.9 Å². The molecule has 3 rings (SSSR count). The topological polar surface area (TPSA) is 87.3 Å². The highest BCUT2D eigenvalue weighted by molar-refractivity contribution is 5.46. The van der Waals surface area contributed by atoms with Crippen molar-refractivity contribution in [2.75, 3.05) is 0 Å². The first kappa shape index (κ1) is 8.34. The Kier molecular flexibility index (Phi) is 1.67. The van der Waals surface area contributed by atoms with E-state index in [2.05, 4.69) is 25.4 Å². The molecule has 6 nitrogen and oxygen atoms in total. The molecule has 0 aromatic carbocycles. The van der Waals surface area contributed by atoms with Crippen LogP contribution in [0.5, 0.6) is 0 Å². The summed E-state index contributed by atoms with van der Waals surface area (Å²) in [5.74, 6) is 1.99. The van der Waals surface area contributed by atoms with Crippen molar-refractivity contribution in [3.63, 3.8) is 0 Å². The Balaban J connectivity index is 1.97. The van der Waals surface area contributed by atoms with Gasteiger partial charge in [-0.3, -0.25) is 9.89 Å². The number of nitrogens with zero attached hydrogens (tertiary/aromatic N) is 3. The van der Waals surface area contributed by atoms with Gasteiger partial charge in [-0.1, -0.05) is 0 Å². The van der Waals surface area contributed by atoms with Crippen LogP contribution >= 0.6 is 0 Å². The van der Waals surface area contributed by atoms with E-state index in [0.29, 0.717) is 17.4 Å². The van der Waals surface area contributed by atoms with E-state index in [-0.39, 0.29) is 5.56 Å². The number of rotatable bonds is 2. The minimum atomic E-state index is -0.225. The predicted octanol–water partition coefficient (Wildman–Crippen LogP) is 0.432. The second-order valence-corrected chi connectivity index (χ2v) is 3.62. The zero-order valence-corrected chi connectivity index (χ0v) is 7.90. The van der Waals surface area contributed by atoms with Gasteiger partial charge in [-0.2, -0.15) is 10.2 Å². The molecule has 1 aliphatic rings. The Bertz CT molecular complexity index is 519. The monoisotopic (exact) mass is 203 g/mol. The van der Waals surface area contributed by atoms with Crippen LogP contribution in [-0.2, 0) is 0 Å². The van der Waals surface area contributed by atoms with E-state index in [4.69, 9.17) is 0 Å². The number of aromatic amines is 2. The third-order valence-electron chi connectivity index (χ3n) is 2.37. The van der Waals surface area contributed by atoms with Crippen molar-refractivity contribution in [3.05, 3.63) is 28.3 Å². The molecular weight excluding hydrogens is 194 g/mol. The molecule has 1 fully saturated rings. The van der Waals surface area contributed by atoms with E-state index >= 15 is 0 Å². The summed E-state index contributed by atoms with van der Waals surface area (Å²) in [5, 5.41) is 13.2. The normalized spacial score (nSPS) is 15.5. The molecule has 0 amide bonds. The molecule has 0 saturated heterocycles. The Hall–Kier alpha value is -1.98. The van der Waals surface area contributed by atoms with Gasteiger partial charge >= 0.3 is 0 Å². The molecule has 1 saturated carbocycles. The second-order valence-electron chi connectivity index (χ2n) is 3.62. The lowest BCUT2D eigenvalue weighted by Crippen LogP contribution is -2.05. The number of hydrogen-bond acceptors (Lipinski definition) is 4. The minimum absolute atomic E-state index is 0.225. The molecule has 0 radical (unpaired) electrons. The maximum atomic E-state index is 10.8. The fourth-order valence-electron chi connectivity index (χ4n) is 1.40. The number of aromatic nitrogens is 5. The average Bonchev–Trinajstić information content (AvgIpc) is 2.99. The van der Waals surface area contributed by atoms with Crippen LogP contribution in [0.15, 0.2) is 16.9 Å². The van der Waals surface area contributed by atoms with Crippen molar-refractivity contribution in [3.8, 4) is 11.5 Å². The van der Waals surface area contributed by atoms with Crippen molar-refractivity contribution in [1.29, 1.82) is 0 Å². The Labute approximate surface area is 84.8 Å². The first-order valence-electron chi connectivity index (χ1n) is 4.81. The highest BCUT2D eigenvalue weighted by Gasteiger charge is 2.27. The van der Waals surface area contributed by atoms with Crippen molar-refractivity contribution in [2.45, 2.75) is 18.8 Å². The van der Waals surface area contributed by atoms with Crippen molar-refractivity contribution in [1.82, 2.24) is 25.4 Å². The number of nitrogens with one attached hydrogen (secondary N) is 2. The number of hydrogen-bond donors (Lipinski definition) is 2. The fraction of sp³-hybridized carbons (Fsp3) is 0.333. The van der Waals surface area contributed by atoms with Gasteiger partial charge in [-0.25, -0.2) is 10.1 Å². The highest BCUT2D eigenvalue weighted by Crippen LogP contribution is 2.38. The van der Waals surface area contributed by atoms with E-state index in [0.717, 1.165) is 5.82 Å². The predicted molar refractivity (Wildman–Crippen MR) is 52.2 cm³/mol. The van der Waals surface area contributed by atoms with Crippen molar-refractivity contribution < 1.29 is 0 Å². The van der Waals surface area contributed by atoms with Crippen LogP contribution in [0.3, 0.4) is 0 Å². The molecule has 76 valence electrons. The lowest BCUT2D eigenvalue weighted by Gasteiger charge is -1.90. The van der Waals surface area contributed by atoms with Gasteiger partial charge < -0.3 is 0 Å². The van der Waals surface area contributed by atoms with Gasteiger partial charge in [0.2, 0.25) is 5.82 Å². The molecule has 0 spiro atoms. The average molecular weight is 203 g/mol. The number of H-pyrrole nitrogens is 2. The van der Waals surface area contributed by atoms with E-state index in [1.165, 1.54) is 18.9 Å². The fourth-order valence-corrected chi connectivity index (χ4v) is 1.40. The largest absolute Gasteiger partial charge is 0.268 e. The molecule has 1 aliphatic carbocycles. The van der Waals surface area contributed by atoms with Gasteiger partial charge in [0.05, 0.1) is 0 Å². The summed E-state index contributed by atoms with van der Waals surface area (Å²) in [6, 6.07) is 3.02. The molecule has 2 aromatic heterocycles. The van der Waals surface area contributed by atoms with Gasteiger partial charge in [0, 0.05) is 12.0 Å². The summed E-state index contributed by atoms with van der Waals surface area (Å²) >= 11 is 0. The Morgan fingerprint density at radius 1 is 1.20 bits per heavy atom. The lowest BCUT2D eigenvalue weighted by atomic mass is 10.3. The van der Waals surface area contributed by atoms with Gasteiger partial charge in [0.25, 0.3) is 5.56 Å². The molecule has 0 bridgehead atoms. The maximum absolute atomic E-state index is 10.8. The highest BCUT2D eigenvalue weighted by atomic mass is 16.1. The van der Waals surface area contributed by atoms with Crippen molar-refractivity contribution >= 4 is 0 Å². The van der Waals surface area contributed by atoms with E-state index in [9.17, 15) is 4.79 Å². The molecule has 2 N–H and O–H groups in total. The van der Waals surface area contributed by atoms with E-state index in [1.807, 2.05) is 0 Å². The summed E-state index contributed by atoms with van der Waals surface area (Å²) in [7, 11) is 0. The van der Waals surface area contributed by atoms with E-state index in [1.54, 1.807) is 6.07 Å². The summed E-state index contributed by atoms with van der Waals surface area (Å²) in [4.78, 5) is 15.1. The molecule has 0 atom stereocenters. The second kappa shape index (κ2) is 3.01. The molecule has 2 aromatic rings. The van der Waals surface area contributed by atoms with Crippen LogP contribution in [-0.4, -0.2) is 25.4 Å². The third-order valence-corrected chi connectivity index (χ3v) is 2.37. The quantitative estimate of drug-likeness (QED) is 0.741. The SMILES string of the molecule is O=c1ccc(-c2n[nH]c(C3CC3)n2)n[nH]1. The molecule has 2 heterocycles. The van der Waals surface area contributed by atoms with Crippen LogP contribution in [0.1, 0.15) is 24.6 Å². The molecule has 6 heteroatoms. The van der Waals surface area contributed by atoms with Gasteiger partial charge in [0.15, 0.2) is 0 Å². The van der Waals surface area contributed by atoms with Gasteiger partial charge in [-0.15, -0.1) is 0 Å². The van der Waals surface area contributed by atoms with Crippen LogP contribution in [0.25, 0.3) is 11.5 Å². The lowest BCUT2D eigenvalue weighted by molar-refractivity contribution is 0.934. The third kappa shape index (κ3) is 1.54. The minimum Gasteiger partial charge on any atom is -0.268 e. The zero-order valence-electron chi connectivity index (χ0n) is 7.90. The van der Waals surface area contributed by atoms with Crippen LogP contribution < -0.4 is 5.56 Å². The summed E-state index contributed by atoms with van der Waals surface area (Å²) in [6.07, 6.45) is 2.35. The van der Waals surface area contributed by atoms with E-state index < -0.39 is 0 Å². The molecule has 0 unspecified atom stereocenters. The van der Waals surface area contributed by atoms with Gasteiger partial charge in [0.1, 0.15) is 11.5 Å². The zero-order chi connectivity index (χ0) is 10.3. The molecular formula is C9H9N5O. The van der Waals surface area contributed by atoms with Crippen LogP contribution in [0.4, 0.5) is 0 Å². The first-order chi connectivity index (χ1) is 7.33. The smallest absolute Gasteiger partial charge is 0.264 e. The summed E-state index contributed by atoms with van der Waals surface area (Å²) < 4.78 is 0. The Morgan fingerprint density at radius 3 is 2.73 bits per heavy atom. The van der Waals surface area contributed by atoms with Crippen LogP contribution in [0, 0.1) is 0 Å². The first-order valence-corrected chi connectivity index (χ1v) is 4.81. The molecule has 0 aliphatic heterocycles. The van der Waals surface area contributed by atoms with Crippen molar-refractivity contribution in [2.24, 2.45) is 0 Å².